The first kappa shape index (κ1) is 9.45. The van der Waals surface area contributed by atoms with Crippen molar-refractivity contribution in [3.8, 4) is 11.3 Å². The van der Waals surface area contributed by atoms with Crippen molar-refractivity contribution < 1.29 is 0 Å². The van der Waals surface area contributed by atoms with Gasteiger partial charge in [0, 0.05) is 16.8 Å². The second-order valence-electron chi connectivity index (χ2n) is 3.37. The van der Waals surface area contributed by atoms with Crippen LogP contribution in [0.5, 0.6) is 0 Å². The highest BCUT2D eigenvalue weighted by molar-refractivity contribution is 5.96. The third-order valence-corrected chi connectivity index (χ3v) is 2.28. The average molecular weight is 200 g/mol. The molecule has 1 aromatic heterocycles. The summed E-state index contributed by atoms with van der Waals surface area (Å²) < 4.78 is 0. The Morgan fingerprint density at radius 2 is 2.27 bits per heavy atom. The number of nitrogen functional groups attached to an aromatic ring is 1. The highest BCUT2D eigenvalue weighted by atomic mass is 14.9. The maximum atomic E-state index is 7.36. The Balaban J connectivity index is 2.50. The van der Waals surface area contributed by atoms with Crippen LogP contribution in [-0.2, 0) is 0 Å². The summed E-state index contributed by atoms with van der Waals surface area (Å²) in [7, 11) is 0. The van der Waals surface area contributed by atoms with Gasteiger partial charge < -0.3 is 10.7 Å². The third kappa shape index (κ3) is 1.74. The average Bonchev–Trinajstić information content (AvgIpc) is 2.64. The van der Waals surface area contributed by atoms with Crippen LogP contribution in [0, 0.1) is 12.3 Å². The van der Waals surface area contributed by atoms with E-state index in [1.807, 2.05) is 31.2 Å². The minimum Gasteiger partial charge on any atom is -0.384 e. The Kier molecular flexibility index (Phi) is 2.25. The number of nitrogens with zero attached hydrogens (tertiary/aromatic N) is 1. The van der Waals surface area contributed by atoms with Gasteiger partial charge in [-0.15, -0.1) is 0 Å². The van der Waals surface area contributed by atoms with Crippen LogP contribution in [0.1, 0.15) is 11.3 Å². The number of aryl methyl sites for hydroxylation is 1. The van der Waals surface area contributed by atoms with Gasteiger partial charge in [0.2, 0.25) is 0 Å². The second kappa shape index (κ2) is 3.57. The molecule has 0 saturated heterocycles. The van der Waals surface area contributed by atoms with Crippen molar-refractivity contribution in [3.63, 3.8) is 0 Å². The number of imidazole rings is 1. The van der Waals surface area contributed by atoms with Gasteiger partial charge >= 0.3 is 0 Å². The van der Waals surface area contributed by atoms with Gasteiger partial charge in [0.25, 0.3) is 0 Å². The first-order valence-electron chi connectivity index (χ1n) is 4.63. The van der Waals surface area contributed by atoms with E-state index in [4.69, 9.17) is 11.1 Å². The van der Waals surface area contributed by atoms with E-state index in [0.717, 1.165) is 22.5 Å². The molecule has 0 amide bonds. The van der Waals surface area contributed by atoms with Crippen molar-refractivity contribution >= 4 is 5.84 Å². The summed E-state index contributed by atoms with van der Waals surface area (Å²) in [5, 5.41) is 7.36. The van der Waals surface area contributed by atoms with Crippen LogP contribution in [-0.4, -0.2) is 15.8 Å². The Labute approximate surface area is 87.7 Å². The summed E-state index contributed by atoms with van der Waals surface area (Å²) in [6.45, 7) is 1.96. The molecule has 0 unspecified atom stereocenters. The topological polar surface area (TPSA) is 78.5 Å². The first-order chi connectivity index (χ1) is 7.18. The van der Waals surface area contributed by atoms with Crippen molar-refractivity contribution in [2.75, 3.05) is 0 Å². The van der Waals surface area contributed by atoms with Crippen molar-refractivity contribution in [1.82, 2.24) is 9.97 Å². The van der Waals surface area contributed by atoms with E-state index in [1.54, 1.807) is 6.33 Å². The van der Waals surface area contributed by atoms with Gasteiger partial charge in [-0.1, -0.05) is 18.2 Å². The standard InChI is InChI=1S/C11H12N4/c1-7-10(15-6-14-7)8-3-2-4-9(5-8)11(12)13/h2-6H,1H3,(H3,12,13)(H,14,15). The summed E-state index contributed by atoms with van der Waals surface area (Å²) in [6.07, 6.45) is 1.66. The highest BCUT2D eigenvalue weighted by Gasteiger charge is 2.05. The fourth-order valence-corrected chi connectivity index (χ4v) is 1.48. The molecule has 1 aromatic carbocycles. The first-order valence-corrected chi connectivity index (χ1v) is 4.63. The molecular weight excluding hydrogens is 188 g/mol. The molecule has 0 fully saturated rings. The van der Waals surface area contributed by atoms with Gasteiger partial charge in [-0.3, -0.25) is 5.41 Å². The number of hydrogen-bond acceptors (Lipinski definition) is 2. The van der Waals surface area contributed by atoms with Crippen molar-refractivity contribution in [2.45, 2.75) is 6.92 Å². The van der Waals surface area contributed by atoms with E-state index in [0.29, 0.717) is 0 Å². The van der Waals surface area contributed by atoms with Crippen LogP contribution in [0.15, 0.2) is 30.6 Å². The van der Waals surface area contributed by atoms with Gasteiger partial charge in [0.15, 0.2) is 0 Å². The highest BCUT2D eigenvalue weighted by Crippen LogP contribution is 2.20. The smallest absolute Gasteiger partial charge is 0.122 e. The molecule has 0 saturated carbocycles. The molecule has 0 radical (unpaired) electrons. The monoisotopic (exact) mass is 200 g/mol. The maximum Gasteiger partial charge on any atom is 0.122 e. The summed E-state index contributed by atoms with van der Waals surface area (Å²) in [5.74, 6) is 0.0741. The van der Waals surface area contributed by atoms with Gasteiger partial charge in [-0.05, 0) is 13.0 Å². The number of aromatic amines is 1. The molecule has 2 aromatic rings. The minimum absolute atomic E-state index is 0.0741. The normalized spacial score (nSPS) is 10.2. The molecule has 1 heterocycles. The predicted molar refractivity (Wildman–Crippen MR) is 59.8 cm³/mol. The van der Waals surface area contributed by atoms with E-state index >= 15 is 0 Å². The quantitative estimate of drug-likeness (QED) is 0.509. The predicted octanol–water partition coefficient (Wildman–Crippen LogP) is 1.67. The Hall–Kier alpha value is -2.10. The number of rotatable bonds is 2. The van der Waals surface area contributed by atoms with E-state index in [-0.39, 0.29) is 5.84 Å². The molecule has 76 valence electrons. The van der Waals surface area contributed by atoms with Crippen molar-refractivity contribution in [1.29, 1.82) is 5.41 Å². The van der Waals surface area contributed by atoms with Crippen LogP contribution in [0.25, 0.3) is 11.3 Å². The lowest BCUT2D eigenvalue weighted by atomic mass is 10.1. The molecule has 4 N–H and O–H groups in total. The Morgan fingerprint density at radius 1 is 1.47 bits per heavy atom. The molecule has 4 nitrogen and oxygen atoms in total. The minimum atomic E-state index is 0.0741. The molecule has 0 aliphatic heterocycles. The molecule has 0 aliphatic carbocycles. The fourth-order valence-electron chi connectivity index (χ4n) is 1.48. The van der Waals surface area contributed by atoms with Crippen molar-refractivity contribution in [3.05, 3.63) is 41.9 Å². The van der Waals surface area contributed by atoms with Crippen LogP contribution in [0.3, 0.4) is 0 Å². The van der Waals surface area contributed by atoms with Crippen LogP contribution in [0.2, 0.25) is 0 Å². The number of amidine groups is 1. The maximum absolute atomic E-state index is 7.36. The molecule has 2 rings (SSSR count). The second-order valence-corrected chi connectivity index (χ2v) is 3.37. The van der Waals surface area contributed by atoms with Gasteiger partial charge in [-0.2, -0.15) is 0 Å². The number of nitrogens with two attached hydrogens (primary N) is 1. The molecule has 0 bridgehead atoms. The van der Waals surface area contributed by atoms with E-state index in [2.05, 4.69) is 9.97 Å². The fraction of sp³-hybridized carbons (Fsp3) is 0.0909. The number of nitrogens with one attached hydrogen (secondary N) is 2. The number of benzene rings is 1. The molecule has 15 heavy (non-hydrogen) atoms. The zero-order chi connectivity index (χ0) is 10.8. The molecule has 0 aliphatic rings. The molecule has 4 heteroatoms. The summed E-state index contributed by atoms with van der Waals surface area (Å²) in [5.41, 5.74) is 9.03. The zero-order valence-electron chi connectivity index (χ0n) is 8.41. The van der Waals surface area contributed by atoms with Crippen LogP contribution in [0.4, 0.5) is 0 Å². The zero-order valence-corrected chi connectivity index (χ0v) is 8.41. The van der Waals surface area contributed by atoms with Crippen LogP contribution >= 0.6 is 0 Å². The number of hydrogen-bond donors (Lipinski definition) is 3. The van der Waals surface area contributed by atoms with Crippen molar-refractivity contribution in [2.24, 2.45) is 5.73 Å². The van der Waals surface area contributed by atoms with E-state index < -0.39 is 0 Å². The third-order valence-electron chi connectivity index (χ3n) is 2.28. The Bertz CT molecular complexity index is 499. The summed E-state index contributed by atoms with van der Waals surface area (Å²) in [4.78, 5) is 7.24. The molecule has 0 spiro atoms. The van der Waals surface area contributed by atoms with Gasteiger partial charge in [0.1, 0.15) is 5.84 Å². The summed E-state index contributed by atoms with van der Waals surface area (Å²) in [6, 6.07) is 7.51. The molecular formula is C11H12N4. The lowest BCUT2D eigenvalue weighted by Crippen LogP contribution is -2.10. The number of aromatic nitrogens is 2. The van der Waals surface area contributed by atoms with Gasteiger partial charge in [-0.25, -0.2) is 4.98 Å². The van der Waals surface area contributed by atoms with E-state index in [1.165, 1.54) is 0 Å². The lowest BCUT2D eigenvalue weighted by Gasteiger charge is -2.02. The van der Waals surface area contributed by atoms with Crippen LogP contribution < -0.4 is 5.73 Å². The summed E-state index contributed by atoms with van der Waals surface area (Å²) >= 11 is 0. The molecule has 0 atom stereocenters. The largest absolute Gasteiger partial charge is 0.384 e. The SMILES string of the molecule is Cc1[nH]cnc1-c1cccc(C(=N)N)c1. The Morgan fingerprint density at radius 3 is 2.87 bits per heavy atom. The number of H-pyrrole nitrogens is 1. The lowest BCUT2D eigenvalue weighted by molar-refractivity contribution is 1.25. The van der Waals surface area contributed by atoms with E-state index in [9.17, 15) is 0 Å². The van der Waals surface area contributed by atoms with Gasteiger partial charge in [0.05, 0.1) is 12.0 Å².